The zero-order valence-corrected chi connectivity index (χ0v) is 14.7. The lowest BCUT2D eigenvalue weighted by Crippen LogP contribution is -2.19. The van der Waals surface area contributed by atoms with Crippen molar-refractivity contribution in [3.63, 3.8) is 0 Å². The van der Waals surface area contributed by atoms with Crippen LogP contribution < -0.4 is 19.0 Å². The van der Waals surface area contributed by atoms with Gasteiger partial charge in [-0.2, -0.15) is 18.4 Å². The predicted molar refractivity (Wildman–Crippen MR) is 92.1 cm³/mol. The first kappa shape index (κ1) is 18.4. The Labute approximate surface area is 145 Å². The highest BCUT2D eigenvalue weighted by atomic mass is 32.2. The Bertz CT molecular complexity index is 880. The summed E-state index contributed by atoms with van der Waals surface area (Å²) < 4.78 is 39.8. The van der Waals surface area contributed by atoms with Crippen LogP contribution in [0.5, 0.6) is 23.0 Å². The monoisotopic (exact) mass is 366 g/mol. The van der Waals surface area contributed by atoms with E-state index in [4.69, 9.17) is 14.2 Å². The summed E-state index contributed by atoms with van der Waals surface area (Å²) in [5.74, 6) is 0.749. The van der Waals surface area contributed by atoms with Crippen molar-refractivity contribution >= 4 is 16.2 Å². The maximum absolute atomic E-state index is 12.4. The molecule has 0 saturated carbocycles. The molecule has 0 saturated heterocycles. The minimum absolute atomic E-state index is 0.0798. The van der Waals surface area contributed by atoms with Gasteiger partial charge in [-0.05, 0) is 35.9 Å². The SMILES string of the molecule is COc1ccc(OC)c(S(=O)(=O)NN=Cc2ccc(OC)c(O)c2)c1. The lowest BCUT2D eigenvalue weighted by Gasteiger charge is -2.10. The Morgan fingerprint density at radius 3 is 2.28 bits per heavy atom. The van der Waals surface area contributed by atoms with Gasteiger partial charge in [0.2, 0.25) is 0 Å². The minimum atomic E-state index is -3.97. The third-order valence-corrected chi connectivity index (χ3v) is 4.49. The Morgan fingerprint density at radius 2 is 1.68 bits per heavy atom. The largest absolute Gasteiger partial charge is 0.504 e. The van der Waals surface area contributed by atoms with Gasteiger partial charge in [0.05, 0.1) is 27.5 Å². The van der Waals surface area contributed by atoms with Crippen LogP contribution >= 0.6 is 0 Å². The number of phenolic OH excluding ortho intramolecular Hbond substituents is 1. The van der Waals surface area contributed by atoms with Gasteiger partial charge in [-0.15, -0.1) is 0 Å². The maximum Gasteiger partial charge on any atom is 0.280 e. The smallest absolute Gasteiger partial charge is 0.280 e. The lowest BCUT2D eigenvalue weighted by molar-refractivity contribution is 0.373. The van der Waals surface area contributed by atoms with Crippen molar-refractivity contribution in [2.75, 3.05) is 21.3 Å². The molecule has 134 valence electrons. The van der Waals surface area contributed by atoms with Crippen LogP contribution in [0, 0.1) is 0 Å². The second-order valence-electron chi connectivity index (χ2n) is 4.80. The molecule has 0 atom stereocenters. The Hall–Kier alpha value is -2.94. The first-order valence-electron chi connectivity index (χ1n) is 7.05. The summed E-state index contributed by atoms with van der Waals surface area (Å²) in [6, 6.07) is 8.94. The highest BCUT2D eigenvalue weighted by Gasteiger charge is 2.20. The van der Waals surface area contributed by atoms with Crippen molar-refractivity contribution in [2.24, 2.45) is 5.10 Å². The van der Waals surface area contributed by atoms with Gasteiger partial charge in [0, 0.05) is 6.07 Å². The molecule has 0 aromatic heterocycles. The van der Waals surface area contributed by atoms with Gasteiger partial charge in [0.1, 0.15) is 16.4 Å². The first-order chi connectivity index (χ1) is 11.9. The Kier molecular flexibility index (Phi) is 5.71. The van der Waals surface area contributed by atoms with Crippen LogP contribution in [0.15, 0.2) is 46.4 Å². The van der Waals surface area contributed by atoms with Crippen LogP contribution in [-0.2, 0) is 10.0 Å². The molecular weight excluding hydrogens is 348 g/mol. The average molecular weight is 366 g/mol. The lowest BCUT2D eigenvalue weighted by atomic mass is 10.2. The molecule has 8 nitrogen and oxygen atoms in total. The van der Waals surface area contributed by atoms with Gasteiger partial charge in [0.15, 0.2) is 11.5 Å². The van der Waals surface area contributed by atoms with E-state index in [1.54, 1.807) is 12.1 Å². The van der Waals surface area contributed by atoms with E-state index in [0.29, 0.717) is 17.1 Å². The van der Waals surface area contributed by atoms with Crippen LogP contribution in [-0.4, -0.2) is 41.1 Å². The molecule has 0 aliphatic carbocycles. The van der Waals surface area contributed by atoms with Crippen molar-refractivity contribution in [2.45, 2.75) is 4.90 Å². The Balaban J connectivity index is 2.23. The molecule has 0 fully saturated rings. The number of methoxy groups -OCH3 is 3. The van der Waals surface area contributed by atoms with Gasteiger partial charge in [-0.25, -0.2) is 0 Å². The van der Waals surface area contributed by atoms with Gasteiger partial charge in [-0.3, -0.25) is 0 Å². The zero-order chi connectivity index (χ0) is 18.4. The fourth-order valence-electron chi connectivity index (χ4n) is 2.00. The number of aromatic hydroxyl groups is 1. The topological polar surface area (TPSA) is 106 Å². The normalized spacial score (nSPS) is 11.3. The number of nitrogens with zero attached hydrogens (tertiary/aromatic N) is 1. The number of sulfonamides is 1. The molecule has 0 radical (unpaired) electrons. The van der Waals surface area contributed by atoms with E-state index < -0.39 is 10.0 Å². The van der Waals surface area contributed by atoms with Crippen molar-refractivity contribution in [3.05, 3.63) is 42.0 Å². The molecule has 2 N–H and O–H groups in total. The van der Waals surface area contributed by atoms with Crippen molar-refractivity contribution in [3.8, 4) is 23.0 Å². The number of benzene rings is 2. The van der Waals surface area contributed by atoms with E-state index in [-0.39, 0.29) is 16.4 Å². The molecule has 9 heteroatoms. The molecule has 25 heavy (non-hydrogen) atoms. The quantitative estimate of drug-likeness (QED) is 0.571. The average Bonchev–Trinajstić information content (AvgIpc) is 2.61. The molecule has 0 aliphatic rings. The minimum Gasteiger partial charge on any atom is -0.504 e. The zero-order valence-electron chi connectivity index (χ0n) is 13.9. The summed E-state index contributed by atoms with van der Waals surface area (Å²) in [7, 11) is 0.256. The number of hydrogen-bond acceptors (Lipinski definition) is 7. The van der Waals surface area contributed by atoms with Gasteiger partial charge in [-0.1, -0.05) is 0 Å². The number of rotatable bonds is 7. The molecule has 2 rings (SSSR count). The van der Waals surface area contributed by atoms with Gasteiger partial charge < -0.3 is 19.3 Å². The standard InChI is InChI=1S/C16H18N2O6S/c1-22-12-5-7-15(24-3)16(9-12)25(20,21)18-17-10-11-4-6-14(23-2)13(19)8-11/h4-10,18-19H,1-3H3. The number of hydrogen-bond donors (Lipinski definition) is 2. The molecule has 2 aromatic carbocycles. The van der Waals surface area contributed by atoms with E-state index in [9.17, 15) is 13.5 Å². The summed E-state index contributed by atoms with van der Waals surface area (Å²) in [5.41, 5.74) is 0.485. The van der Waals surface area contributed by atoms with Gasteiger partial charge >= 0.3 is 0 Å². The van der Waals surface area contributed by atoms with Crippen LogP contribution in [0.2, 0.25) is 0 Å². The molecule has 2 aromatic rings. The summed E-state index contributed by atoms with van der Waals surface area (Å²) >= 11 is 0. The third-order valence-electron chi connectivity index (χ3n) is 3.25. The predicted octanol–water partition coefficient (Wildman–Crippen LogP) is 1.73. The Morgan fingerprint density at radius 1 is 1.00 bits per heavy atom. The van der Waals surface area contributed by atoms with E-state index in [1.807, 2.05) is 0 Å². The third kappa shape index (κ3) is 4.32. The van der Waals surface area contributed by atoms with Crippen LogP contribution in [0.1, 0.15) is 5.56 Å². The van der Waals surface area contributed by atoms with Crippen molar-refractivity contribution in [1.29, 1.82) is 0 Å². The van der Waals surface area contributed by atoms with E-state index in [2.05, 4.69) is 9.93 Å². The van der Waals surface area contributed by atoms with Crippen molar-refractivity contribution in [1.82, 2.24) is 4.83 Å². The first-order valence-corrected chi connectivity index (χ1v) is 8.53. The molecule has 0 spiro atoms. The summed E-state index contributed by atoms with van der Waals surface area (Å²) in [5, 5.41) is 13.4. The number of nitrogens with one attached hydrogen (secondary N) is 1. The molecule has 0 bridgehead atoms. The number of hydrazone groups is 1. The maximum atomic E-state index is 12.4. The van der Waals surface area contributed by atoms with Crippen LogP contribution in [0.4, 0.5) is 0 Å². The highest BCUT2D eigenvalue weighted by Crippen LogP contribution is 2.28. The second-order valence-corrected chi connectivity index (χ2v) is 6.43. The molecule has 0 amide bonds. The fraction of sp³-hybridized carbons (Fsp3) is 0.188. The van der Waals surface area contributed by atoms with Gasteiger partial charge in [0.25, 0.3) is 10.0 Å². The molecule has 0 unspecified atom stereocenters. The second kappa shape index (κ2) is 7.75. The van der Waals surface area contributed by atoms with E-state index in [1.165, 1.54) is 51.8 Å². The van der Waals surface area contributed by atoms with E-state index >= 15 is 0 Å². The molecule has 0 heterocycles. The summed E-state index contributed by atoms with van der Waals surface area (Å²) in [6.07, 6.45) is 1.25. The highest BCUT2D eigenvalue weighted by molar-refractivity contribution is 7.89. The number of phenols is 1. The number of ether oxygens (including phenoxy) is 3. The van der Waals surface area contributed by atoms with Crippen LogP contribution in [0.25, 0.3) is 0 Å². The summed E-state index contributed by atoms with van der Waals surface area (Å²) in [4.78, 5) is 1.98. The molecular formula is C16H18N2O6S. The van der Waals surface area contributed by atoms with Crippen LogP contribution in [0.3, 0.4) is 0 Å². The summed E-state index contributed by atoms with van der Waals surface area (Å²) in [6.45, 7) is 0. The van der Waals surface area contributed by atoms with Crippen molar-refractivity contribution < 1.29 is 27.7 Å². The fourth-order valence-corrected chi connectivity index (χ4v) is 2.98. The molecule has 0 aliphatic heterocycles. The van der Waals surface area contributed by atoms with E-state index in [0.717, 1.165) is 0 Å².